The van der Waals surface area contributed by atoms with Crippen molar-refractivity contribution in [3.8, 4) is 10.6 Å². The molecule has 0 spiro atoms. The minimum absolute atomic E-state index is 0.310. The van der Waals surface area contributed by atoms with E-state index in [4.69, 9.17) is 10.2 Å². The highest BCUT2D eigenvalue weighted by Crippen LogP contribution is 2.33. The fraction of sp³-hybridized carbons (Fsp3) is 0.0769. The number of nitrogens with two attached hydrogens (primary N) is 1. The molecule has 0 unspecified atom stereocenters. The number of rotatable bonds is 2. The molecule has 2 heterocycles. The average molecular weight is 247 g/mol. The molecule has 3 rings (SSSR count). The van der Waals surface area contributed by atoms with Gasteiger partial charge in [-0.3, -0.25) is 0 Å². The maximum absolute atomic E-state index is 13.5. The molecule has 0 amide bonds. The van der Waals surface area contributed by atoms with E-state index in [1.54, 1.807) is 17.4 Å². The number of benzene rings is 1. The molecule has 0 aliphatic carbocycles. The summed E-state index contributed by atoms with van der Waals surface area (Å²) < 4.78 is 19.0. The molecule has 17 heavy (non-hydrogen) atoms. The molecule has 0 atom stereocenters. The van der Waals surface area contributed by atoms with Crippen LogP contribution < -0.4 is 5.73 Å². The van der Waals surface area contributed by atoms with Crippen LogP contribution in [0.1, 0.15) is 4.88 Å². The molecule has 0 saturated carbocycles. The average Bonchev–Trinajstić information content (AvgIpc) is 2.95. The lowest BCUT2D eigenvalue weighted by Crippen LogP contribution is -1.90. The van der Waals surface area contributed by atoms with Crippen LogP contribution >= 0.6 is 11.3 Å². The minimum atomic E-state index is -0.329. The first-order valence-electron chi connectivity index (χ1n) is 5.25. The molecular formula is C13H10FNOS. The second kappa shape index (κ2) is 3.98. The Kier molecular flexibility index (Phi) is 2.46. The lowest BCUT2D eigenvalue weighted by atomic mass is 10.2. The summed E-state index contributed by atoms with van der Waals surface area (Å²) in [7, 11) is 0. The minimum Gasteiger partial charge on any atom is -0.452 e. The largest absolute Gasteiger partial charge is 0.452 e. The molecular weight excluding hydrogens is 237 g/mol. The van der Waals surface area contributed by atoms with Crippen molar-refractivity contribution in [3.05, 3.63) is 47.1 Å². The molecule has 3 aromatic rings. The normalized spacial score (nSPS) is 11.2. The summed E-state index contributed by atoms with van der Waals surface area (Å²) in [5.41, 5.74) is 5.87. The van der Waals surface area contributed by atoms with Gasteiger partial charge >= 0.3 is 0 Å². The molecule has 0 aliphatic heterocycles. The van der Waals surface area contributed by atoms with E-state index in [1.165, 1.54) is 6.07 Å². The van der Waals surface area contributed by atoms with E-state index < -0.39 is 0 Å². The van der Waals surface area contributed by atoms with Gasteiger partial charge in [0, 0.05) is 16.8 Å². The number of furan rings is 1. The molecule has 2 N–H and O–H groups in total. The van der Waals surface area contributed by atoms with Gasteiger partial charge in [-0.05, 0) is 24.3 Å². The number of hydrogen-bond acceptors (Lipinski definition) is 3. The summed E-state index contributed by atoms with van der Waals surface area (Å²) in [6.45, 7) is 0.513. The van der Waals surface area contributed by atoms with E-state index in [2.05, 4.69) is 0 Å². The number of fused-ring (bicyclic) bond motifs is 1. The molecule has 0 fully saturated rings. The van der Waals surface area contributed by atoms with Crippen LogP contribution in [0.5, 0.6) is 0 Å². The van der Waals surface area contributed by atoms with Gasteiger partial charge in [0.2, 0.25) is 0 Å². The smallest absolute Gasteiger partial charge is 0.170 e. The summed E-state index contributed by atoms with van der Waals surface area (Å²) in [5, 5.41) is 0.780. The zero-order valence-electron chi connectivity index (χ0n) is 8.94. The number of thiophene rings is 1. The Bertz CT molecular complexity index is 671. The quantitative estimate of drug-likeness (QED) is 0.748. The molecule has 0 radical (unpaired) electrons. The Hall–Kier alpha value is -1.65. The summed E-state index contributed by atoms with van der Waals surface area (Å²) in [6.07, 6.45) is 0. The third kappa shape index (κ3) is 1.75. The zero-order valence-corrected chi connectivity index (χ0v) is 9.76. The fourth-order valence-electron chi connectivity index (χ4n) is 1.77. The van der Waals surface area contributed by atoms with Crippen molar-refractivity contribution in [2.24, 2.45) is 5.73 Å². The number of halogens is 1. The fourth-order valence-corrected chi connectivity index (χ4v) is 2.61. The highest BCUT2D eigenvalue weighted by Gasteiger charge is 2.11. The number of para-hydroxylation sites is 1. The lowest BCUT2D eigenvalue weighted by Gasteiger charge is -1.90. The van der Waals surface area contributed by atoms with Gasteiger partial charge in [-0.1, -0.05) is 12.1 Å². The molecule has 1 aromatic carbocycles. The van der Waals surface area contributed by atoms with E-state index in [1.807, 2.05) is 24.3 Å². The van der Waals surface area contributed by atoms with E-state index in [0.29, 0.717) is 17.9 Å². The van der Waals surface area contributed by atoms with Crippen LogP contribution in [0.2, 0.25) is 0 Å². The van der Waals surface area contributed by atoms with Crippen LogP contribution in [0.25, 0.3) is 21.6 Å². The number of hydrogen-bond donors (Lipinski definition) is 1. The van der Waals surface area contributed by atoms with Crippen LogP contribution in [-0.2, 0) is 6.54 Å². The second-order valence-corrected chi connectivity index (χ2v) is 4.91. The van der Waals surface area contributed by atoms with Crippen LogP contribution in [0, 0.1) is 5.82 Å². The second-order valence-electron chi connectivity index (χ2n) is 3.74. The zero-order chi connectivity index (χ0) is 11.8. The Morgan fingerprint density at radius 1 is 1.24 bits per heavy atom. The third-order valence-electron chi connectivity index (χ3n) is 2.60. The van der Waals surface area contributed by atoms with Gasteiger partial charge in [0.25, 0.3) is 0 Å². The van der Waals surface area contributed by atoms with Crippen LogP contribution in [0.15, 0.2) is 40.8 Å². The molecule has 86 valence electrons. The molecule has 2 nitrogen and oxygen atoms in total. The standard InChI is InChI=1S/C13H10FNOS/c14-10-3-1-2-8-6-11(16-13(8)10)12-5-4-9(7-15)17-12/h1-6H,7,15H2. The van der Waals surface area contributed by atoms with Crippen LogP contribution in [-0.4, -0.2) is 0 Å². The molecule has 2 aromatic heterocycles. The SMILES string of the molecule is NCc1ccc(-c2cc3cccc(F)c3o2)s1. The van der Waals surface area contributed by atoms with Crippen molar-refractivity contribution in [1.82, 2.24) is 0 Å². The van der Waals surface area contributed by atoms with E-state index in [0.717, 1.165) is 15.1 Å². The van der Waals surface area contributed by atoms with E-state index in [-0.39, 0.29) is 5.82 Å². The van der Waals surface area contributed by atoms with Crippen molar-refractivity contribution in [2.75, 3.05) is 0 Å². The summed E-state index contributed by atoms with van der Waals surface area (Å²) >= 11 is 1.57. The van der Waals surface area contributed by atoms with E-state index >= 15 is 0 Å². The maximum Gasteiger partial charge on any atom is 0.170 e. The van der Waals surface area contributed by atoms with Crippen molar-refractivity contribution >= 4 is 22.3 Å². The van der Waals surface area contributed by atoms with Gasteiger partial charge in [-0.15, -0.1) is 11.3 Å². The Morgan fingerprint density at radius 2 is 2.12 bits per heavy atom. The van der Waals surface area contributed by atoms with Crippen molar-refractivity contribution in [2.45, 2.75) is 6.54 Å². The van der Waals surface area contributed by atoms with Crippen LogP contribution in [0.4, 0.5) is 4.39 Å². The Morgan fingerprint density at radius 3 is 2.82 bits per heavy atom. The highest BCUT2D eigenvalue weighted by molar-refractivity contribution is 7.15. The molecule has 0 saturated heterocycles. The van der Waals surface area contributed by atoms with Gasteiger partial charge in [-0.25, -0.2) is 4.39 Å². The molecule has 4 heteroatoms. The maximum atomic E-state index is 13.5. The third-order valence-corrected chi connectivity index (χ3v) is 3.72. The predicted molar refractivity (Wildman–Crippen MR) is 67.4 cm³/mol. The van der Waals surface area contributed by atoms with Gasteiger partial charge in [0.1, 0.15) is 5.76 Å². The molecule has 0 aliphatic rings. The van der Waals surface area contributed by atoms with Crippen molar-refractivity contribution in [1.29, 1.82) is 0 Å². The Balaban J connectivity index is 2.14. The summed E-state index contributed by atoms with van der Waals surface area (Å²) in [6, 6.07) is 10.7. The van der Waals surface area contributed by atoms with Gasteiger partial charge in [-0.2, -0.15) is 0 Å². The first-order valence-corrected chi connectivity index (χ1v) is 6.07. The first kappa shape index (κ1) is 10.5. The van der Waals surface area contributed by atoms with Gasteiger partial charge in [0.05, 0.1) is 4.88 Å². The topological polar surface area (TPSA) is 39.2 Å². The predicted octanol–water partition coefficient (Wildman–Crippen LogP) is 3.76. The van der Waals surface area contributed by atoms with Gasteiger partial charge in [0.15, 0.2) is 11.4 Å². The van der Waals surface area contributed by atoms with Gasteiger partial charge < -0.3 is 10.2 Å². The monoisotopic (exact) mass is 247 g/mol. The molecule has 0 bridgehead atoms. The van der Waals surface area contributed by atoms with E-state index in [9.17, 15) is 4.39 Å². The first-order chi connectivity index (χ1) is 8.28. The van der Waals surface area contributed by atoms with Crippen molar-refractivity contribution in [3.63, 3.8) is 0 Å². The summed E-state index contributed by atoms with van der Waals surface area (Å²) in [4.78, 5) is 2.06. The van der Waals surface area contributed by atoms with Crippen molar-refractivity contribution < 1.29 is 8.81 Å². The summed E-state index contributed by atoms with van der Waals surface area (Å²) in [5.74, 6) is 0.360. The highest BCUT2D eigenvalue weighted by atomic mass is 32.1. The Labute approximate surface area is 101 Å². The van der Waals surface area contributed by atoms with Crippen LogP contribution in [0.3, 0.4) is 0 Å². The lowest BCUT2D eigenvalue weighted by molar-refractivity contribution is 0.569.